The van der Waals surface area contributed by atoms with Crippen LogP contribution in [-0.2, 0) is 28.0 Å². The first-order chi connectivity index (χ1) is 3.93. The molecule has 0 fully saturated rings. The standard InChI is InChI=1S/C6H7O.2ClH.Zr/c7-5-6-3-1-2-4-6;;;/h1-3H,4-5H2;2*1H;/q-1;;;+1. The van der Waals surface area contributed by atoms with Gasteiger partial charge in [0, 0.05) is 0 Å². The Morgan fingerprint density at radius 2 is 2.20 bits per heavy atom. The van der Waals surface area contributed by atoms with Crippen molar-refractivity contribution in [3.8, 4) is 0 Å². The molecule has 0 aliphatic heterocycles. The first kappa shape index (κ1) is 13.5. The van der Waals surface area contributed by atoms with Crippen molar-refractivity contribution in [2.45, 2.75) is 6.42 Å². The van der Waals surface area contributed by atoms with E-state index < -0.39 is 0 Å². The predicted molar refractivity (Wildman–Crippen MR) is 42.3 cm³/mol. The van der Waals surface area contributed by atoms with E-state index in [1.54, 1.807) is 0 Å². The number of allylic oxidation sites excluding steroid dienone is 3. The average Bonchev–Trinajstić information content (AvgIpc) is 2.19. The molecule has 0 N–H and O–H groups in total. The van der Waals surface area contributed by atoms with Gasteiger partial charge in [0.25, 0.3) is 0 Å². The molecular weight excluding hydrogens is 250 g/mol. The fourth-order valence-corrected chi connectivity index (χ4v) is 1.15. The third-order valence-corrected chi connectivity index (χ3v) is 1.46. The van der Waals surface area contributed by atoms with Crippen LogP contribution < -0.4 is 0 Å². The summed E-state index contributed by atoms with van der Waals surface area (Å²) in [5.74, 6) is 0. The molecule has 0 amide bonds. The maximum absolute atomic E-state index is 5.01. The average molecular weight is 259 g/mol. The van der Waals surface area contributed by atoms with Gasteiger partial charge >= 0.3 is 64.8 Å². The summed E-state index contributed by atoms with van der Waals surface area (Å²) >= 11 is 1.16. The van der Waals surface area contributed by atoms with Gasteiger partial charge in [0.1, 0.15) is 0 Å². The molecule has 1 nitrogen and oxygen atoms in total. The zero-order chi connectivity index (χ0) is 5.82. The van der Waals surface area contributed by atoms with Gasteiger partial charge in [-0.15, -0.1) is 24.8 Å². The number of halogens is 2. The van der Waals surface area contributed by atoms with Crippen LogP contribution in [0.25, 0.3) is 0 Å². The van der Waals surface area contributed by atoms with Crippen molar-refractivity contribution >= 4 is 24.8 Å². The molecule has 57 valence electrons. The minimum absolute atomic E-state index is 0. The van der Waals surface area contributed by atoms with Crippen molar-refractivity contribution in [2.24, 2.45) is 0 Å². The van der Waals surface area contributed by atoms with Crippen LogP contribution in [-0.4, -0.2) is 6.61 Å². The normalized spacial score (nSPS) is 13.3. The SMILES string of the molecule is Cl.Cl.[Zr][O]CC1=CC=CC1. The summed E-state index contributed by atoms with van der Waals surface area (Å²) in [6.45, 7) is 0.825. The summed E-state index contributed by atoms with van der Waals surface area (Å²) in [7, 11) is 0. The van der Waals surface area contributed by atoms with Gasteiger partial charge in [0.05, 0.1) is 0 Å². The molecule has 0 saturated carbocycles. The minimum atomic E-state index is 0. The summed E-state index contributed by atoms with van der Waals surface area (Å²) in [5, 5.41) is 0. The summed E-state index contributed by atoms with van der Waals surface area (Å²) in [6, 6.07) is 0. The van der Waals surface area contributed by atoms with Crippen LogP contribution in [0, 0.1) is 0 Å². The molecule has 0 bridgehead atoms. The zero-order valence-corrected chi connectivity index (χ0v) is 9.46. The van der Waals surface area contributed by atoms with Gasteiger partial charge in [-0.05, 0) is 0 Å². The van der Waals surface area contributed by atoms with Crippen LogP contribution in [0.1, 0.15) is 6.42 Å². The van der Waals surface area contributed by atoms with E-state index in [-0.39, 0.29) is 24.8 Å². The Hall–Kier alpha value is 0.903. The molecule has 4 heteroatoms. The topological polar surface area (TPSA) is 9.23 Å². The van der Waals surface area contributed by atoms with E-state index in [1.165, 1.54) is 5.57 Å². The number of hydrogen-bond donors (Lipinski definition) is 0. The second-order valence-electron chi connectivity index (χ2n) is 1.75. The van der Waals surface area contributed by atoms with E-state index in [1.807, 2.05) is 0 Å². The fourth-order valence-electron chi connectivity index (χ4n) is 0.691. The fraction of sp³-hybridized carbons (Fsp3) is 0.333. The van der Waals surface area contributed by atoms with Gasteiger partial charge < -0.3 is 0 Å². The van der Waals surface area contributed by atoms with Gasteiger partial charge in [-0.3, -0.25) is 0 Å². The molecule has 1 aliphatic carbocycles. The summed E-state index contributed by atoms with van der Waals surface area (Å²) < 4.78 is 5.01. The molecule has 10 heavy (non-hydrogen) atoms. The van der Waals surface area contributed by atoms with Crippen LogP contribution in [0.3, 0.4) is 0 Å². The van der Waals surface area contributed by atoms with E-state index in [0.29, 0.717) is 0 Å². The number of rotatable bonds is 2. The molecule has 0 saturated heterocycles. The van der Waals surface area contributed by atoms with Crippen LogP contribution in [0.5, 0.6) is 0 Å². The van der Waals surface area contributed by atoms with Crippen molar-refractivity contribution in [3.05, 3.63) is 23.8 Å². The summed E-state index contributed by atoms with van der Waals surface area (Å²) in [6.07, 6.45) is 7.42. The quantitative estimate of drug-likeness (QED) is 0.738. The molecule has 0 aromatic heterocycles. The molecule has 0 heterocycles. The van der Waals surface area contributed by atoms with Crippen LogP contribution in [0.2, 0.25) is 0 Å². The Bertz CT molecular complexity index is 134. The molecule has 1 rings (SSSR count). The van der Waals surface area contributed by atoms with Crippen molar-refractivity contribution in [1.82, 2.24) is 0 Å². The van der Waals surface area contributed by atoms with E-state index in [4.69, 9.17) is 2.81 Å². The Balaban J connectivity index is 0. The number of hydrogen-bond acceptors (Lipinski definition) is 1. The van der Waals surface area contributed by atoms with Crippen LogP contribution in [0.4, 0.5) is 0 Å². The van der Waals surface area contributed by atoms with Gasteiger partial charge in [-0.2, -0.15) is 0 Å². The molecule has 0 radical (unpaired) electrons. The van der Waals surface area contributed by atoms with Crippen LogP contribution >= 0.6 is 24.8 Å². The first-order valence-corrected chi connectivity index (χ1v) is 3.57. The zero-order valence-electron chi connectivity index (χ0n) is 5.37. The molecule has 0 unspecified atom stereocenters. The Morgan fingerprint density at radius 3 is 2.60 bits per heavy atom. The van der Waals surface area contributed by atoms with Gasteiger partial charge in [-0.25, -0.2) is 0 Å². The molecule has 0 atom stereocenters. The molecule has 0 aromatic carbocycles. The Morgan fingerprint density at radius 1 is 1.50 bits per heavy atom. The molecule has 0 spiro atoms. The van der Waals surface area contributed by atoms with Gasteiger partial charge in [0.2, 0.25) is 0 Å². The van der Waals surface area contributed by atoms with Crippen LogP contribution in [0.15, 0.2) is 23.8 Å². The summed E-state index contributed by atoms with van der Waals surface area (Å²) in [4.78, 5) is 0. The van der Waals surface area contributed by atoms with Gasteiger partial charge in [-0.1, -0.05) is 0 Å². The first-order valence-electron chi connectivity index (χ1n) is 2.56. The van der Waals surface area contributed by atoms with E-state index in [0.717, 1.165) is 38.2 Å². The third-order valence-electron chi connectivity index (χ3n) is 1.11. The van der Waals surface area contributed by atoms with E-state index >= 15 is 0 Å². The summed E-state index contributed by atoms with van der Waals surface area (Å²) in [5.41, 5.74) is 1.39. The predicted octanol–water partition coefficient (Wildman–Crippen LogP) is 2.19. The molecule has 0 aromatic rings. The Kier molecular flexibility index (Phi) is 10.8. The van der Waals surface area contributed by atoms with Crippen molar-refractivity contribution < 1.29 is 28.0 Å². The van der Waals surface area contributed by atoms with E-state index in [2.05, 4.69) is 18.2 Å². The second-order valence-corrected chi connectivity index (χ2v) is 2.46. The third kappa shape index (κ3) is 4.68. The maximum atomic E-state index is 5.01. The monoisotopic (exact) mass is 257 g/mol. The van der Waals surface area contributed by atoms with E-state index in [9.17, 15) is 0 Å². The van der Waals surface area contributed by atoms with Crippen molar-refractivity contribution in [1.29, 1.82) is 0 Å². The molecular formula is C6H9Cl2OZr. The Labute approximate surface area is 89.2 Å². The second kappa shape index (κ2) is 8.00. The molecule has 1 aliphatic rings. The van der Waals surface area contributed by atoms with Crippen molar-refractivity contribution in [3.63, 3.8) is 0 Å². The van der Waals surface area contributed by atoms with Gasteiger partial charge in [0.15, 0.2) is 0 Å². The van der Waals surface area contributed by atoms with Crippen molar-refractivity contribution in [2.75, 3.05) is 6.61 Å².